The third kappa shape index (κ3) is 3.50. The van der Waals surface area contributed by atoms with Crippen LogP contribution in [0.3, 0.4) is 0 Å². The summed E-state index contributed by atoms with van der Waals surface area (Å²) in [6.45, 7) is 1.94. The van der Waals surface area contributed by atoms with E-state index < -0.39 is 17.7 Å². The van der Waals surface area contributed by atoms with E-state index in [-0.39, 0.29) is 16.4 Å². The largest absolute Gasteiger partial charge is 0.507 e. The second-order valence-corrected chi connectivity index (χ2v) is 8.74. The van der Waals surface area contributed by atoms with E-state index in [2.05, 4.69) is 4.98 Å². The summed E-state index contributed by atoms with van der Waals surface area (Å²) in [5.41, 5.74) is 3.35. The Morgan fingerprint density at radius 3 is 2.42 bits per heavy atom. The first-order valence-electron chi connectivity index (χ1n) is 10.3. The van der Waals surface area contributed by atoms with Crippen LogP contribution < -0.4 is 4.90 Å². The minimum Gasteiger partial charge on any atom is -0.507 e. The van der Waals surface area contributed by atoms with Crippen molar-refractivity contribution in [2.24, 2.45) is 0 Å². The Hall–Kier alpha value is -3.54. The van der Waals surface area contributed by atoms with Gasteiger partial charge < -0.3 is 10.1 Å². The van der Waals surface area contributed by atoms with Crippen LogP contribution in [0.25, 0.3) is 16.7 Å². The molecule has 164 valence electrons. The number of aliphatic hydroxyl groups excluding tert-OH is 1. The zero-order valence-corrected chi connectivity index (χ0v) is 19.0. The van der Waals surface area contributed by atoms with Crippen molar-refractivity contribution in [2.45, 2.75) is 13.0 Å². The fraction of sp³-hybridized carbons (Fsp3) is 0.0769. The number of halogens is 2. The van der Waals surface area contributed by atoms with Crippen molar-refractivity contribution in [2.75, 3.05) is 4.90 Å². The van der Waals surface area contributed by atoms with Gasteiger partial charge in [0.25, 0.3) is 11.7 Å². The molecule has 33 heavy (non-hydrogen) atoms. The molecule has 2 N–H and O–H groups in total. The average Bonchev–Trinajstić information content (AvgIpc) is 3.35. The maximum Gasteiger partial charge on any atom is 0.300 e. The molecule has 0 aliphatic carbocycles. The number of hydrogen-bond acceptors (Lipinski definition) is 3. The highest BCUT2D eigenvalue weighted by Gasteiger charge is 2.47. The van der Waals surface area contributed by atoms with Crippen LogP contribution in [0.5, 0.6) is 0 Å². The van der Waals surface area contributed by atoms with Gasteiger partial charge in [0.05, 0.1) is 21.7 Å². The van der Waals surface area contributed by atoms with E-state index in [9.17, 15) is 14.7 Å². The van der Waals surface area contributed by atoms with Gasteiger partial charge in [-0.25, -0.2) is 0 Å². The summed E-state index contributed by atoms with van der Waals surface area (Å²) in [4.78, 5) is 31.0. The summed E-state index contributed by atoms with van der Waals surface area (Å²) in [7, 11) is 0. The second kappa shape index (κ2) is 8.10. The number of carbonyl (C=O) groups excluding carboxylic acids is 2. The Bertz CT molecular complexity index is 1450. The Kier molecular flexibility index (Phi) is 5.23. The van der Waals surface area contributed by atoms with E-state index in [0.717, 1.165) is 16.5 Å². The Labute approximate surface area is 199 Å². The van der Waals surface area contributed by atoms with Gasteiger partial charge in [0.2, 0.25) is 0 Å². The fourth-order valence-corrected chi connectivity index (χ4v) is 4.52. The molecule has 0 saturated carbocycles. The van der Waals surface area contributed by atoms with Crippen molar-refractivity contribution in [3.63, 3.8) is 0 Å². The van der Waals surface area contributed by atoms with Crippen LogP contribution in [0.15, 0.2) is 78.5 Å². The second-order valence-electron chi connectivity index (χ2n) is 7.93. The third-order valence-corrected chi connectivity index (χ3v) is 6.60. The molecule has 4 aromatic rings. The van der Waals surface area contributed by atoms with Crippen molar-refractivity contribution >= 4 is 57.2 Å². The summed E-state index contributed by atoms with van der Waals surface area (Å²) in [6.07, 6.45) is 1.63. The molecule has 1 aromatic heterocycles. The van der Waals surface area contributed by atoms with Gasteiger partial charge in [-0.1, -0.05) is 65.2 Å². The molecule has 1 amide bonds. The van der Waals surface area contributed by atoms with Crippen molar-refractivity contribution in [1.82, 2.24) is 4.98 Å². The molecular weight excluding hydrogens is 459 g/mol. The Balaban J connectivity index is 1.77. The van der Waals surface area contributed by atoms with Gasteiger partial charge in [0, 0.05) is 28.4 Å². The Morgan fingerprint density at radius 1 is 0.970 bits per heavy atom. The van der Waals surface area contributed by atoms with E-state index >= 15 is 0 Å². The third-order valence-electron chi connectivity index (χ3n) is 5.86. The number of hydrogen-bond donors (Lipinski definition) is 2. The number of aryl methyl sites for hydroxylation is 1. The molecule has 1 fully saturated rings. The van der Waals surface area contributed by atoms with E-state index in [4.69, 9.17) is 23.2 Å². The number of H-pyrrole nitrogens is 1. The lowest BCUT2D eigenvalue weighted by molar-refractivity contribution is -0.132. The van der Waals surface area contributed by atoms with E-state index in [1.807, 2.05) is 43.3 Å². The first-order chi connectivity index (χ1) is 15.9. The standard InChI is InChI=1S/C26H18Cl2N2O3/c1-14-6-9-16(10-7-14)30-23(15-8-11-19(27)20(28)12-15)22(25(32)26(30)33)24(31)18-13-29-21-5-3-2-4-17(18)21/h2-13,23,29,31H,1H3/b24-22-. The van der Waals surface area contributed by atoms with E-state index in [1.165, 1.54) is 4.90 Å². The summed E-state index contributed by atoms with van der Waals surface area (Å²) >= 11 is 12.4. The molecule has 5 rings (SSSR count). The lowest BCUT2D eigenvalue weighted by Crippen LogP contribution is -2.29. The summed E-state index contributed by atoms with van der Waals surface area (Å²) in [5.74, 6) is -1.75. The van der Waals surface area contributed by atoms with Crippen molar-refractivity contribution in [1.29, 1.82) is 0 Å². The predicted molar refractivity (Wildman–Crippen MR) is 131 cm³/mol. The number of anilines is 1. The number of Topliss-reactive ketones (excluding diaryl/α,β-unsaturated/α-hetero) is 1. The topological polar surface area (TPSA) is 73.4 Å². The van der Waals surface area contributed by atoms with Crippen LogP contribution in [0.2, 0.25) is 10.0 Å². The van der Waals surface area contributed by atoms with Gasteiger partial charge in [0.15, 0.2) is 0 Å². The number of fused-ring (bicyclic) bond motifs is 1. The molecule has 1 aliphatic heterocycles. The van der Waals surface area contributed by atoms with Gasteiger partial charge in [-0.3, -0.25) is 14.5 Å². The van der Waals surface area contributed by atoms with Crippen LogP contribution in [0, 0.1) is 6.92 Å². The number of nitrogens with zero attached hydrogens (tertiary/aromatic N) is 1. The number of carbonyl (C=O) groups is 2. The van der Waals surface area contributed by atoms with Gasteiger partial charge in [-0.2, -0.15) is 0 Å². The molecule has 5 nitrogen and oxygen atoms in total. The van der Waals surface area contributed by atoms with Crippen molar-refractivity contribution in [3.05, 3.63) is 105 Å². The van der Waals surface area contributed by atoms with Crippen LogP contribution in [0.4, 0.5) is 5.69 Å². The van der Waals surface area contributed by atoms with Gasteiger partial charge in [-0.05, 0) is 42.8 Å². The maximum absolute atomic E-state index is 13.3. The molecule has 0 bridgehead atoms. The molecular formula is C26H18Cl2N2O3. The number of aromatic amines is 1. The summed E-state index contributed by atoms with van der Waals surface area (Å²) in [5, 5.41) is 12.7. The SMILES string of the molecule is Cc1ccc(N2C(=O)C(=O)/C(=C(\O)c3c[nH]c4ccccc34)C2c2ccc(Cl)c(Cl)c2)cc1. The first kappa shape index (κ1) is 21.3. The zero-order chi connectivity index (χ0) is 23.3. The minimum atomic E-state index is -0.879. The molecule has 1 unspecified atom stereocenters. The quantitative estimate of drug-likeness (QED) is 0.204. The highest BCUT2D eigenvalue weighted by atomic mass is 35.5. The number of aliphatic hydroxyl groups is 1. The molecule has 0 radical (unpaired) electrons. The minimum absolute atomic E-state index is 0.0104. The van der Waals surface area contributed by atoms with E-state index in [0.29, 0.717) is 21.8 Å². The maximum atomic E-state index is 13.3. The normalized spacial score (nSPS) is 17.8. The van der Waals surface area contributed by atoms with Gasteiger partial charge >= 0.3 is 0 Å². The van der Waals surface area contributed by atoms with Crippen LogP contribution in [-0.2, 0) is 9.59 Å². The number of para-hydroxylation sites is 1. The number of amides is 1. The van der Waals surface area contributed by atoms with Crippen LogP contribution in [-0.4, -0.2) is 21.8 Å². The van der Waals surface area contributed by atoms with Crippen LogP contribution in [0.1, 0.15) is 22.7 Å². The lowest BCUT2D eigenvalue weighted by Gasteiger charge is -2.25. The zero-order valence-electron chi connectivity index (χ0n) is 17.5. The van der Waals surface area contributed by atoms with Crippen LogP contribution >= 0.6 is 23.2 Å². The summed E-state index contributed by atoms with van der Waals surface area (Å²) < 4.78 is 0. The molecule has 0 spiro atoms. The number of nitrogens with one attached hydrogen (secondary N) is 1. The molecule has 1 atom stereocenters. The average molecular weight is 477 g/mol. The smallest absolute Gasteiger partial charge is 0.300 e. The molecule has 7 heteroatoms. The summed E-state index contributed by atoms with van der Waals surface area (Å²) in [6, 6.07) is 18.7. The number of rotatable bonds is 3. The van der Waals surface area contributed by atoms with Crippen molar-refractivity contribution in [3.8, 4) is 0 Å². The predicted octanol–water partition coefficient (Wildman–Crippen LogP) is 6.41. The highest BCUT2D eigenvalue weighted by Crippen LogP contribution is 2.44. The first-order valence-corrected chi connectivity index (χ1v) is 11.0. The highest BCUT2D eigenvalue weighted by molar-refractivity contribution is 6.52. The Morgan fingerprint density at radius 2 is 1.70 bits per heavy atom. The van der Waals surface area contributed by atoms with Gasteiger partial charge in [0.1, 0.15) is 5.76 Å². The number of aromatic nitrogens is 1. The monoisotopic (exact) mass is 476 g/mol. The molecule has 2 heterocycles. The fourth-order valence-electron chi connectivity index (χ4n) is 4.21. The lowest BCUT2D eigenvalue weighted by atomic mass is 9.95. The molecule has 3 aromatic carbocycles. The number of benzene rings is 3. The molecule has 1 aliphatic rings. The number of ketones is 1. The van der Waals surface area contributed by atoms with Gasteiger partial charge in [-0.15, -0.1) is 0 Å². The van der Waals surface area contributed by atoms with Crippen molar-refractivity contribution < 1.29 is 14.7 Å². The van der Waals surface area contributed by atoms with E-state index in [1.54, 1.807) is 36.5 Å². The molecule has 1 saturated heterocycles.